The molecule has 3 aromatic carbocycles. The van der Waals surface area contributed by atoms with Crippen LogP contribution < -0.4 is 5.43 Å². The SMILES string of the molecule is CC(=C/c1ccccc1)/C=N/NC(=O)CCn1c2ccc(I)cc2c2cc(I)ccc21. The number of nitrogens with one attached hydrogen (secondary N) is 1. The van der Waals surface area contributed by atoms with Crippen LogP contribution in [-0.4, -0.2) is 16.7 Å². The van der Waals surface area contributed by atoms with Crippen molar-refractivity contribution < 1.29 is 4.79 Å². The van der Waals surface area contributed by atoms with Crippen molar-refractivity contribution in [2.45, 2.75) is 19.9 Å². The van der Waals surface area contributed by atoms with E-state index in [9.17, 15) is 4.79 Å². The molecule has 0 aliphatic heterocycles. The van der Waals surface area contributed by atoms with Crippen molar-refractivity contribution in [2.75, 3.05) is 0 Å². The van der Waals surface area contributed by atoms with E-state index in [-0.39, 0.29) is 5.91 Å². The number of nitrogens with zero attached hydrogens (tertiary/aromatic N) is 2. The predicted octanol–water partition coefficient (Wildman–Crippen LogP) is 6.60. The fraction of sp³-hybridized carbons (Fsp3) is 0.120. The molecule has 0 aliphatic carbocycles. The fourth-order valence-corrected chi connectivity index (χ4v) is 4.60. The molecule has 4 aromatic rings. The molecule has 0 atom stereocenters. The first-order chi connectivity index (χ1) is 15.0. The fourth-order valence-electron chi connectivity index (χ4n) is 3.61. The van der Waals surface area contributed by atoms with E-state index >= 15 is 0 Å². The molecule has 31 heavy (non-hydrogen) atoms. The highest BCUT2D eigenvalue weighted by Crippen LogP contribution is 2.31. The standard InChI is InChI=1S/C25H21I2N3O/c1-17(13-18-5-3-2-4-6-18)16-28-29-25(31)11-12-30-23-9-7-19(26)14-21(23)22-15-20(27)8-10-24(22)30/h2-10,13-16H,11-12H2,1H3,(H,29,31)/b17-13-,28-16+. The lowest BCUT2D eigenvalue weighted by atomic mass is 10.1. The molecule has 1 aromatic heterocycles. The molecule has 0 fully saturated rings. The summed E-state index contributed by atoms with van der Waals surface area (Å²) < 4.78 is 4.63. The van der Waals surface area contributed by atoms with E-state index in [0.717, 1.165) is 22.2 Å². The third-order valence-electron chi connectivity index (χ3n) is 5.00. The number of hydrazone groups is 1. The Morgan fingerprint density at radius 1 is 0.968 bits per heavy atom. The molecule has 0 saturated heterocycles. The molecule has 6 heteroatoms. The van der Waals surface area contributed by atoms with Gasteiger partial charge in [-0.25, -0.2) is 5.43 Å². The molecule has 0 saturated carbocycles. The van der Waals surface area contributed by atoms with E-state index in [4.69, 9.17) is 0 Å². The van der Waals surface area contributed by atoms with Crippen molar-refractivity contribution in [1.82, 2.24) is 9.99 Å². The first-order valence-corrected chi connectivity index (χ1v) is 12.1. The number of halogens is 2. The van der Waals surface area contributed by atoms with E-state index in [2.05, 4.69) is 96.7 Å². The van der Waals surface area contributed by atoms with Crippen LogP contribution in [0.25, 0.3) is 27.9 Å². The largest absolute Gasteiger partial charge is 0.340 e. The smallest absolute Gasteiger partial charge is 0.241 e. The van der Waals surface area contributed by atoms with Crippen molar-refractivity contribution in [3.63, 3.8) is 0 Å². The molecule has 0 aliphatic rings. The zero-order chi connectivity index (χ0) is 21.8. The van der Waals surface area contributed by atoms with Gasteiger partial charge in [0.25, 0.3) is 0 Å². The van der Waals surface area contributed by atoms with Gasteiger partial charge in [-0.1, -0.05) is 36.4 Å². The zero-order valence-corrected chi connectivity index (χ0v) is 21.3. The number of aryl methyl sites for hydroxylation is 1. The van der Waals surface area contributed by atoms with Gasteiger partial charge in [-0.2, -0.15) is 5.10 Å². The van der Waals surface area contributed by atoms with Gasteiger partial charge in [0.1, 0.15) is 0 Å². The number of hydrogen-bond donors (Lipinski definition) is 1. The van der Waals surface area contributed by atoms with Crippen LogP contribution in [0.5, 0.6) is 0 Å². The quantitative estimate of drug-likeness (QED) is 0.145. The molecule has 0 unspecified atom stereocenters. The Balaban J connectivity index is 1.46. The van der Waals surface area contributed by atoms with Crippen molar-refractivity contribution in [3.05, 3.63) is 85.0 Å². The molecule has 0 bridgehead atoms. The van der Waals surface area contributed by atoms with E-state index in [0.29, 0.717) is 13.0 Å². The summed E-state index contributed by atoms with van der Waals surface area (Å²) >= 11 is 4.68. The number of aromatic nitrogens is 1. The van der Waals surface area contributed by atoms with Gasteiger partial charge in [-0.3, -0.25) is 4.79 Å². The van der Waals surface area contributed by atoms with Crippen molar-refractivity contribution >= 4 is 85.2 Å². The lowest BCUT2D eigenvalue weighted by molar-refractivity contribution is -0.121. The molecule has 156 valence electrons. The Bertz CT molecular complexity index is 1250. The highest BCUT2D eigenvalue weighted by atomic mass is 127. The summed E-state index contributed by atoms with van der Waals surface area (Å²) in [6, 6.07) is 22.9. The molecule has 0 spiro atoms. The van der Waals surface area contributed by atoms with Crippen LogP contribution in [0.1, 0.15) is 18.9 Å². The summed E-state index contributed by atoms with van der Waals surface area (Å²) in [6.45, 7) is 2.56. The molecule has 1 N–H and O–H groups in total. The van der Waals surface area contributed by atoms with Gasteiger partial charge in [-0.15, -0.1) is 0 Å². The number of amides is 1. The number of fused-ring (bicyclic) bond motifs is 3. The van der Waals surface area contributed by atoms with E-state index in [1.807, 2.05) is 43.3 Å². The van der Waals surface area contributed by atoms with Crippen LogP contribution >= 0.6 is 45.2 Å². The highest BCUT2D eigenvalue weighted by Gasteiger charge is 2.12. The maximum absolute atomic E-state index is 12.4. The average Bonchev–Trinajstić information content (AvgIpc) is 3.05. The molecule has 4 nitrogen and oxygen atoms in total. The Kier molecular flexibility index (Phi) is 7.06. The summed E-state index contributed by atoms with van der Waals surface area (Å²) in [5, 5.41) is 6.56. The van der Waals surface area contributed by atoms with Crippen LogP contribution in [0.4, 0.5) is 0 Å². The maximum Gasteiger partial charge on any atom is 0.241 e. The normalized spacial score (nSPS) is 12.2. The summed E-state index contributed by atoms with van der Waals surface area (Å²) in [6.07, 6.45) is 4.06. The second-order valence-electron chi connectivity index (χ2n) is 7.32. The zero-order valence-electron chi connectivity index (χ0n) is 17.0. The molecular formula is C25H21I2N3O. The number of benzene rings is 3. The van der Waals surface area contributed by atoms with Crippen LogP contribution in [-0.2, 0) is 11.3 Å². The van der Waals surface area contributed by atoms with Crippen molar-refractivity contribution in [2.24, 2.45) is 5.10 Å². The Morgan fingerprint density at radius 2 is 1.58 bits per heavy atom. The van der Waals surface area contributed by atoms with Gasteiger partial charge < -0.3 is 4.57 Å². The van der Waals surface area contributed by atoms with E-state index < -0.39 is 0 Å². The monoisotopic (exact) mass is 633 g/mol. The van der Waals surface area contributed by atoms with Crippen LogP contribution in [0.3, 0.4) is 0 Å². The minimum Gasteiger partial charge on any atom is -0.340 e. The van der Waals surface area contributed by atoms with Crippen molar-refractivity contribution in [1.29, 1.82) is 0 Å². The average molecular weight is 633 g/mol. The molecular weight excluding hydrogens is 612 g/mol. The Hall–Kier alpha value is -2.20. The number of rotatable bonds is 6. The van der Waals surface area contributed by atoms with Gasteiger partial charge in [0.15, 0.2) is 0 Å². The number of hydrogen-bond acceptors (Lipinski definition) is 2. The van der Waals surface area contributed by atoms with Gasteiger partial charge in [-0.05, 0) is 99.6 Å². The summed E-state index contributed by atoms with van der Waals surface area (Å²) in [5.74, 6) is -0.102. The van der Waals surface area contributed by atoms with E-state index in [1.54, 1.807) is 6.21 Å². The van der Waals surface area contributed by atoms with Crippen molar-refractivity contribution in [3.8, 4) is 0 Å². The number of carbonyl (C=O) groups excluding carboxylic acids is 1. The van der Waals surface area contributed by atoms with Gasteiger partial charge in [0, 0.05) is 41.9 Å². The highest BCUT2D eigenvalue weighted by molar-refractivity contribution is 14.1. The lowest BCUT2D eigenvalue weighted by Gasteiger charge is -2.07. The Morgan fingerprint density at radius 3 is 2.19 bits per heavy atom. The van der Waals surface area contributed by atoms with Crippen LogP contribution in [0.15, 0.2) is 77.4 Å². The topological polar surface area (TPSA) is 46.4 Å². The molecule has 1 amide bonds. The minimum atomic E-state index is -0.102. The Labute approximate surface area is 208 Å². The second kappa shape index (κ2) is 9.95. The minimum absolute atomic E-state index is 0.102. The molecule has 0 radical (unpaired) electrons. The first kappa shape index (κ1) is 22.0. The number of carbonyl (C=O) groups is 1. The summed E-state index contributed by atoms with van der Waals surface area (Å²) in [4.78, 5) is 12.4. The third-order valence-corrected chi connectivity index (χ3v) is 6.34. The second-order valence-corrected chi connectivity index (χ2v) is 9.81. The van der Waals surface area contributed by atoms with Gasteiger partial charge in [0.2, 0.25) is 5.91 Å². The predicted molar refractivity (Wildman–Crippen MR) is 146 cm³/mol. The van der Waals surface area contributed by atoms with Gasteiger partial charge in [0.05, 0.1) is 6.21 Å². The third kappa shape index (κ3) is 5.35. The molecule has 4 rings (SSSR count). The van der Waals surface area contributed by atoms with Crippen LogP contribution in [0.2, 0.25) is 0 Å². The van der Waals surface area contributed by atoms with E-state index in [1.165, 1.54) is 17.9 Å². The first-order valence-electron chi connectivity index (χ1n) is 9.93. The maximum atomic E-state index is 12.4. The summed E-state index contributed by atoms with van der Waals surface area (Å²) in [5.41, 5.74) is 7.02. The summed E-state index contributed by atoms with van der Waals surface area (Å²) in [7, 11) is 0. The molecule has 1 heterocycles. The lowest BCUT2D eigenvalue weighted by Crippen LogP contribution is -2.19. The number of allylic oxidation sites excluding steroid dienone is 1. The van der Waals surface area contributed by atoms with Crippen LogP contribution in [0, 0.1) is 7.14 Å². The van der Waals surface area contributed by atoms with Gasteiger partial charge >= 0.3 is 0 Å².